The molecule has 2 aromatic rings. The summed E-state index contributed by atoms with van der Waals surface area (Å²) in [5.74, 6) is -1.89. The van der Waals surface area contributed by atoms with Crippen molar-refractivity contribution in [3.8, 4) is 5.75 Å². The van der Waals surface area contributed by atoms with E-state index in [2.05, 4.69) is 4.98 Å². The van der Waals surface area contributed by atoms with Crippen molar-refractivity contribution < 1.29 is 23.1 Å². The molecule has 2 aliphatic heterocycles. The van der Waals surface area contributed by atoms with Crippen molar-refractivity contribution in [1.82, 2.24) is 14.6 Å². The molecule has 160 valence electrons. The molecule has 0 bridgehead atoms. The van der Waals surface area contributed by atoms with Crippen molar-refractivity contribution in [1.29, 1.82) is 0 Å². The van der Waals surface area contributed by atoms with Gasteiger partial charge in [-0.3, -0.25) is 24.3 Å². The molecular weight excluding hydrogens is 401 g/mol. The topological polar surface area (TPSA) is 78.7 Å². The molecule has 0 radical (unpaired) electrons. The molecule has 1 fully saturated rings. The molecule has 4 heterocycles. The Morgan fingerprint density at radius 2 is 2.03 bits per heavy atom. The Morgan fingerprint density at radius 3 is 2.70 bits per heavy atom. The van der Waals surface area contributed by atoms with Gasteiger partial charge in [0, 0.05) is 18.5 Å². The molecule has 30 heavy (non-hydrogen) atoms. The van der Waals surface area contributed by atoms with Gasteiger partial charge in [-0.1, -0.05) is 0 Å². The summed E-state index contributed by atoms with van der Waals surface area (Å²) in [6, 6.07) is 4.77. The van der Waals surface area contributed by atoms with Crippen LogP contribution in [-0.2, 0) is 5.54 Å². The van der Waals surface area contributed by atoms with E-state index in [4.69, 9.17) is 0 Å². The van der Waals surface area contributed by atoms with Gasteiger partial charge < -0.3 is 10.0 Å². The van der Waals surface area contributed by atoms with Gasteiger partial charge in [0.2, 0.25) is 5.43 Å². The van der Waals surface area contributed by atoms with E-state index in [0.29, 0.717) is 29.9 Å². The van der Waals surface area contributed by atoms with Crippen LogP contribution in [0.15, 0.2) is 35.4 Å². The van der Waals surface area contributed by atoms with E-state index >= 15 is 0 Å². The molecule has 0 saturated carbocycles. The number of alkyl halides is 3. The van der Waals surface area contributed by atoms with E-state index in [1.54, 1.807) is 11.2 Å². The molecule has 0 spiro atoms. The van der Waals surface area contributed by atoms with Gasteiger partial charge >= 0.3 is 6.18 Å². The summed E-state index contributed by atoms with van der Waals surface area (Å²) in [7, 11) is 0. The van der Waals surface area contributed by atoms with E-state index in [1.165, 1.54) is 10.9 Å². The lowest BCUT2D eigenvalue weighted by molar-refractivity contribution is -0.148. The molecule has 2 unspecified atom stereocenters. The molecule has 10 heteroatoms. The number of aromatic nitrogens is 2. The normalized spacial score (nSPS) is 23.9. The van der Waals surface area contributed by atoms with E-state index in [-0.39, 0.29) is 0 Å². The van der Waals surface area contributed by atoms with Gasteiger partial charge in [-0.2, -0.15) is 13.2 Å². The second kappa shape index (κ2) is 6.75. The monoisotopic (exact) mass is 422 g/mol. The number of carbonyl (C=O) groups excluding carboxylic acids is 1. The first-order chi connectivity index (χ1) is 14.0. The fraction of sp³-hybridized carbons (Fsp3) is 0.450. The maximum Gasteiger partial charge on any atom is 0.406 e. The summed E-state index contributed by atoms with van der Waals surface area (Å²) in [4.78, 5) is 30.1. The molecule has 4 rings (SSSR count). The second-order valence-corrected chi connectivity index (χ2v) is 7.98. The third-order valence-corrected chi connectivity index (χ3v) is 5.84. The van der Waals surface area contributed by atoms with Crippen molar-refractivity contribution in [2.75, 3.05) is 11.6 Å². The summed E-state index contributed by atoms with van der Waals surface area (Å²) < 4.78 is 41.3. The van der Waals surface area contributed by atoms with Gasteiger partial charge in [0.15, 0.2) is 11.4 Å². The van der Waals surface area contributed by atoms with Crippen molar-refractivity contribution in [3.05, 3.63) is 57.8 Å². The lowest BCUT2D eigenvalue weighted by Gasteiger charge is -2.56. The minimum atomic E-state index is -4.64. The summed E-state index contributed by atoms with van der Waals surface area (Å²) in [6.07, 6.45) is -1.12. The van der Waals surface area contributed by atoms with Crippen LogP contribution in [0.5, 0.6) is 5.75 Å². The first kappa shape index (κ1) is 20.2. The van der Waals surface area contributed by atoms with Gasteiger partial charge in [-0.25, -0.2) is 0 Å². The highest BCUT2D eigenvalue weighted by atomic mass is 19.4. The zero-order valence-corrected chi connectivity index (χ0v) is 16.5. The fourth-order valence-corrected chi connectivity index (χ4v) is 4.48. The van der Waals surface area contributed by atoms with Crippen LogP contribution in [0.2, 0.25) is 0 Å². The fourth-order valence-electron chi connectivity index (χ4n) is 4.48. The first-order valence-corrected chi connectivity index (χ1v) is 9.58. The lowest BCUT2D eigenvalue weighted by Crippen LogP contribution is -2.70. The number of carbonyl (C=O) groups is 1. The van der Waals surface area contributed by atoms with Crippen LogP contribution in [0.3, 0.4) is 0 Å². The van der Waals surface area contributed by atoms with Gasteiger partial charge in [0.25, 0.3) is 5.91 Å². The number of piperidine rings is 1. The van der Waals surface area contributed by atoms with E-state index in [1.807, 2.05) is 26.0 Å². The Labute approximate surface area is 170 Å². The smallest absolute Gasteiger partial charge is 0.406 e. The molecular formula is C20H21F3N4O3. The summed E-state index contributed by atoms with van der Waals surface area (Å²) in [6.45, 7) is 2.26. The molecule has 2 aromatic heterocycles. The molecule has 1 amide bonds. The van der Waals surface area contributed by atoms with Gasteiger partial charge in [0.1, 0.15) is 12.7 Å². The van der Waals surface area contributed by atoms with Crippen molar-refractivity contribution in [2.45, 2.75) is 51.0 Å². The largest absolute Gasteiger partial charge is 0.502 e. The number of pyridine rings is 2. The Kier molecular flexibility index (Phi) is 4.55. The summed E-state index contributed by atoms with van der Waals surface area (Å²) in [5, 5.41) is 11.9. The number of aromatic hydroxyl groups is 1. The predicted octanol–water partition coefficient (Wildman–Crippen LogP) is 2.64. The van der Waals surface area contributed by atoms with Crippen LogP contribution in [0, 0.1) is 6.92 Å². The van der Waals surface area contributed by atoms with Crippen LogP contribution in [-0.4, -0.2) is 44.5 Å². The maximum absolute atomic E-state index is 13.3. The predicted molar refractivity (Wildman–Crippen MR) is 102 cm³/mol. The van der Waals surface area contributed by atoms with Crippen molar-refractivity contribution >= 4 is 5.91 Å². The zero-order chi connectivity index (χ0) is 21.8. The Balaban J connectivity index is 1.96. The highest BCUT2D eigenvalue weighted by Gasteiger charge is 2.52. The zero-order valence-electron chi connectivity index (χ0n) is 16.5. The van der Waals surface area contributed by atoms with Crippen LogP contribution in [0.1, 0.15) is 47.9 Å². The Bertz CT molecular complexity index is 1070. The standard InChI is InChI=1S/C20H21F3N4O3/c1-12-5-8-24-14(10-12)19(2)7-3-4-15-25(11-20(21,22)23)18(30)16-17(29)13(28)6-9-26(16)27(15)19/h5-6,8-10,15,29H,3-4,7,11H2,1-2H3. The number of amides is 1. The maximum atomic E-state index is 13.3. The Morgan fingerprint density at radius 1 is 1.30 bits per heavy atom. The molecule has 0 aliphatic carbocycles. The lowest BCUT2D eigenvalue weighted by atomic mass is 9.83. The minimum absolute atomic E-state index is 0.315. The van der Waals surface area contributed by atoms with Crippen LogP contribution in [0.25, 0.3) is 0 Å². The number of fused-ring (bicyclic) bond motifs is 3. The van der Waals surface area contributed by atoms with Crippen LogP contribution >= 0.6 is 0 Å². The number of rotatable bonds is 2. The van der Waals surface area contributed by atoms with Gasteiger partial charge in [0.05, 0.1) is 11.2 Å². The molecule has 1 saturated heterocycles. The number of hydrogen-bond acceptors (Lipinski definition) is 5. The quantitative estimate of drug-likeness (QED) is 0.805. The molecule has 2 aliphatic rings. The minimum Gasteiger partial charge on any atom is -0.502 e. The third-order valence-electron chi connectivity index (χ3n) is 5.84. The molecule has 0 aromatic carbocycles. The van der Waals surface area contributed by atoms with Crippen LogP contribution in [0.4, 0.5) is 13.2 Å². The molecule has 1 N–H and O–H groups in total. The number of aryl methyl sites for hydroxylation is 1. The van der Waals surface area contributed by atoms with Crippen LogP contribution < -0.4 is 10.4 Å². The van der Waals surface area contributed by atoms with E-state index < -0.39 is 47.2 Å². The number of nitrogens with zero attached hydrogens (tertiary/aromatic N) is 4. The highest BCUT2D eigenvalue weighted by Crippen LogP contribution is 2.43. The summed E-state index contributed by atoms with van der Waals surface area (Å²) >= 11 is 0. The molecule has 7 nitrogen and oxygen atoms in total. The SMILES string of the molecule is Cc1ccnc(C2(C)CCCC3N(CC(F)(F)F)C(=O)c4c(O)c(=O)ccn4N32)c1. The van der Waals surface area contributed by atoms with Gasteiger partial charge in [-0.05, 0) is 50.8 Å². The van der Waals surface area contributed by atoms with E-state index in [0.717, 1.165) is 11.6 Å². The highest BCUT2D eigenvalue weighted by molar-refractivity contribution is 5.96. The number of hydrogen-bond donors (Lipinski definition) is 1. The summed E-state index contributed by atoms with van der Waals surface area (Å²) in [5.41, 5.74) is -0.587. The second-order valence-electron chi connectivity index (χ2n) is 7.98. The average molecular weight is 422 g/mol. The van der Waals surface area contributed by atoms with Crippen molar-refractivity contribution in [3.63, 3.8) is 0 Å². The van der Waals surface area contributed by atoms with E-state index in [9.17, 15) is 27.9 Å². The first-order valence-electron chi connectivity index (χ1n) is 9.58. The average Bonchev–Trinajstić information content (AvgIpc) is 2.66. The molecule has 2 atom stereocenters. The van der Waals surface area contributed by atoms with Crippen molar-refractivity contribution in [2.24, 2.45) is 0 Å². The number of halogens is 3. The Hall–Kier alpha value is -3.04. The van der Waals surface area contributed by atoms with Gasteiger partial charge in [-0.15, -0.1) is 0 Å². The third kappa shape index (κ3) is 3.10.